The SMILES string of the molecule is O=C(CC(=O)Nc1c(Cl)cccc1Cl)NCc1ccncc1. The Kier molecular flexibility index (Phi) is 5.75. The summed E-state index contributed by atoms with van der Waals surface area (Å²) in [5, 5.41) is 5.82. The first-order valence-corrected chi connectivity index (χ1v) is 7.21. The van der Waals surface area contributed by atoms with Crippen molar-refractivity contribution in [3.8, 4) is 0 Å². The van der Waals surface area contributed by atoms with Gasteiger partial charge < -0.3 is 10.6 Å². The first-order chi connectivity index (χ1) is 10.6. The van der Waals surface area contributed by atoms with E-state index >= 15 is 0 Å². The first kappa shape index (κ1) is 16.3. The summed E-state index contributed by atoms with van der Waals surface area (Å²) < 4.78 is 0. The molecule has 1 aromatic carbocycles. The van der Waals surface area contributed by atoms with Crippen LogP contribution in [-0.4, -0.2) is 16.8 Å². The second-order valence-corrected chi connectivity index (χ2v) is 5.27. The third-order valence-corrected chi connectivity index (χ3v) is 3.42. The quantitative estimate of drug-likeness (QED) is 0.823. The number of rotatable bonds is 5. The third-order valence-electron chi connectivity index (χ3n) is 2.79. The maximum Gasteiger partial charge on any atom is 0.233 e. The molecular formula is C15H13Cl2N3O2. The topological polar surface area (TPSA) is 71.1 Å². The molecule has 0 aliphatic heterocycles. The average molecular weight is 338 g/mol. The van der Waals surface area contributed by atoms with Crippen molar-refractivity contribution >= 4 is 40.7 Å². The van der Waals surface area contributed by atoms with Gasteiger partial charge in [-0.2, -0.15) is 0 Å². The van der Waals surface area contributed by atoms with Gasteiger partial charge in [0, 0.05) is 18.9 Å². The van der Waals surface area contributed by atoms with Gasteiger partial charge in [0.15, 0.2) is 0 Å². The molecule has 2 aromatic rings. The van der Waals surface area contributed by atoms with Crippen molar-refractivity contribution < 1.29 is 9.59 Å². The average Bonchev–Trinajstić information content (AvgIpc) is 2.50. The van der Waals surface area contributed by atoms with Gasteiger partial charge in [-0.25, -0.2) is 0 Å². The van der Waals surface area contributed by atoms with Crippen molar-refractivity contribution in [3.63, 3.8) is 0 Å². The second kappa shape index (κ2) is 7.77. The number of hydrogen-bond donors (Lipinski definition) is 2. The number of pyridine rings is 1. The summed E-state index contributed by atoms with van der Waals surface area (Å²) in [6, 6.07) is 8.44. The predicted molar refractivity (Wildman–Crippen MR) is 85.8 cm³/mol. The Morgan fingerprint density at radius 3 is 2.27 bits per heavy atom. The van der Waals surface area contributed by atoms with E-state index in [1.165, 1.54) is 0 Å². The van der Waals surface area contributed by atoms with Crippen LogP contribution in [-0.2, 0) is 16.1 Å². The molecule has 7 heteroatoms. The lowest BCUT2D eigenvalue weighted by Crippen LogP contribution is -2.27. The Bertz CT molecular complexity index is 657. The maximum atomic E-state index is 11.8. The Hall–Kier alpha value is -2.11. The number of nitrogens with one attached hydrogen (secondary N) is 2. The molecule has 0 bridgehead atoms. The molecule has 0 aliphatic carbocycles. The highest BCUT2D eigenvalue weighted by molar-refractivity contribution is 6.39. The second-order valence-electron chi connectivity index (χ2n) is 4.45. The molecule has 1 aromatic heterocycles. The summed E-state index contributed by atoms with van der Waals surface area (Å²) in [5.74, 6) is -0.875. The molecular weight excluding hydrogens is 325 g/mol. The number of carbonyl (C=O) groups is 2. The van der Waals surface area contributed by atoms with Crippen LogP contribution in [0.25, 0.3) is 0 Å². The van der Waals surface area contributed by atoms with Crippen molar-refractivity contribution in [1.82, 2.24) is 10.3 Å². The molecule has 0 fully saturated rings. The molecule has 0 saturated carbocycles. The van der Waals surface area contributed by atoms with E-state index in [1.807, 2.05) is 0 Å². The Labute approximate surface area is 137 Å². The number of aromatic nitrogens is 1. The molecule has 0 radical (unpaired) electrons. The third kappa shape index (κ3) is 4.72. The molecule has 2 rings (SSSR count). The van der Waals surface area contributed by atoms with Gasteiger partial charge in [-0.3, -0.25) is 14.6 Å². The summed E-state index contributed by atoms with van der Waals surface area (Å²) in [4.78, 5) is 27.5. The summed E-state index contributed by atoms with van der Waals surface area (Å²) in [5.41, 5.74) is 1.20. The van der Waals surface area contributed by atoms with Gasteiger partial charge in [0.25, 0.3) is 0 Å². The Morgan fingerprint density at radius 1 is 1.00 bits per heavy atom. The lowest BCUT2D eigenvalue weighted by Gasteiger charge is -2.09. The normalized spacial score (nSPS) is 10.1. The van der Waals surface area contributed by atoms with Crippen LogP contribution < -0.4 is 10.6 Å². The van der Waals surface area contributed by atoms with Crippen LogP contribution in [0, 0.1) is 0 Å². The van der Waals surface area contributed by atoms with E-state index in [0.717, 1.165) is 5.56 Å². The van der Waals surface area contributed by atoms with Crippen LogP contribution in [0.4, 0.5) is 5.69 Å². The number of anilines is 1. The molecule has 114 valence electrons. The van der Waals surface area contributed by atoms with Crippen molar-refractivity contribution in [2.75, 3.05) is 5.32 Å². The number of benzene rings is 1. The van der Waals surface area contributed by atoms with Crippen LogP contribution in [0.15, 0.2) is 42.7 Å². The standard InChI is InChI=1S/C15H13Cl2N3O2/c16-11-2-1-3-12(17)15(11)20-14(22)8-13(21)19-9-10-4-6-18-7-5-10/h1-7H,8-9H2,(H,19,21)(H,20,22). The Morgan fingerprint density at radius 2 is 1.64 bits per heavy atom. The van der Waals surface area contributed by atoms with Crippen molar-refractivity contribution in [2.24, 2.45) is 0 Å². The minimum Gasteiger partial charge on any atom is -0.352 e. The predicted octanol–water partition coefficient (Wildman–Crippen LogP) is 3.03. The highest BCUT2D eigenvalue weighted by atomic mass is 35.5. The van der Waals surface area contributed by atoms with Crippen LogP contribution >= 0.6 is 23.2 Å². The van der Waals surface area contributed by atoms with Gasteiger partial charge in [-0.1, -0.05) is 29.3 Å². The molecule has 5 nitrogen and oxygen atoms in total. The minimum absolute atomic E-state index is 0.303. The van der Waals surface area contributed by atoms with E-state index in [9.17, 15) is 9.59 Å². The van der Waals surface area contributed by atoms with Crippen LogP contribution in [0.2, 0.25) is 10.0 Å². The summed E-state index contributed by atoms with van der Waals surface area (Å²) in [7, 11) is 0. The van der Waals surface area contributed by atoms with Crippen molar-refractivity contribution in [3.05, 3.63) is 58.3 Å². The fourth-order valence-corrected chi connectivity index (χ4v) is 2.20. The Balaban J connectivity index is 1.85. The number of para-hydroxylation sites is 1. The van der Waals surface area contributed by atoms with E-state index in [4.69, 9.17) is 23.2 Å². The molecule has 0 aliphatic rings. The van der Waals surface area contributed by atoms with Gasteiger partial charge >= 0.3 is 0 Å². The minimum atomic E-state index is -0.484. The van der Waals surface area contributed by atoms with Crippen LogP contribution in [0.5, 0.6) is 0 Å². The number of amides is 2. The monoisotopic (exact) mass is 337 g/mol. The van der Waals surface area contributed by atoms with Crippen LogP contribution in [0.1, 0.15) is 12.0 Å². The zero-order valence-electron chi connectivity index (χ0n) is 11.5. The molecule has 0 atom stereocenters. The molecule has 22 heavy (non-hydrogen) atoms. The van der Waals surface area contributed by atoms with Gasteiger partial charge in [-0.15, -0.1) is 0 Å². The lowest BCUT2D eigenvalue weighted by molar-refractivity contribution is -0.126. The van der Waals surface area contributed by atoms with Crippen LogP contribution in [0.3, 0.4) is 0 Å². The maximum absolute atomic E-state index is 11.8. The van der Waals surface area contributed by atoms with E-state index in [0.29, 0.717) is 22.3 Å². The van der Waals surface area contributed by atoms with E-state index < -0.39 is 11.8 Å². The fourth-order valence-electron chi connectivity index (χ4n) is 1.71. The molecule has 0 unspecified atom stereocenters. The summed E-state index contributed by atoms with van der Waals surface area (Å²) in [6.07, 6.45) is 2.95. The summed E-state index contributed by atoms with van der Waals surface area (Å²) >= 11 is 11.9. The van der Waals surface area contributed by atoms with Gasteiger partial charge in [0.1, 0.15) is 6.42 Å². The number of carbonyl (C=O) groups excluding carboxylic acids is 2. The van der Waals surface area contributed by atoms with Crippen molar-refractivity contribution in [1.29, 1.82) is 0 Å². The fraction of sp³-hybridized carbons (Fsp3) is 0.133. The number of nitrogens with zero attached hydrogens (tertiary/aromatic N) is 1. The number of hydrogen-bond acceptors (Lipinski definition) is 3. The smallest absolute Gasteiger partial charge is 0.233 e. The van der Waals surface area contributed by atoms with Gasteiger partial charge in [0.05, 0.1) is 15.7 Å². The summed E-state index contributed by atoms with van der Waals surface area (Å²) in [6.45, 7) is 0.335. The lowest BCUT2D eigenvalue weighted by atomic mass is 10.2. The van der Waals surface area contributed by atoms with E-state index in [2.05, 4.69) is 15.6 Å². The number of halogens is 2. The largest absolute Gasteiger partial charge is 0.352 e. The molecule has 0 spiro atoms. The van der Waals surface area contributed by atoms with Gasteiger partial charge in [-0.05, 0) is 29.8 Å². The zero-order valence-corrected chi connectivity index (χ0v) is 13.0. The van der Waals surface area contributed by atoms with E-state index in [1.54, 1.807) is 42.7 Å². The van der Waals surface area contributed by atoms with E-state index in [-0.39, 0.29) is 6.42 Å². The highest BCUT2D eigenvalue weighted by Crippen LogP contribution is 2.29. The van der Waals surface area contributed by atoms with Gasteiger partial charge in [0.2, 0.25) is 11.8 Å². The molecule has 2 N–H and O–H groups in total. The zero-order chi connectivity index (χ0) is 15.9. The first-order valence-electron chi connectivity index (χ1n) is 6.45. The molecule has 0 saturated heterocycles. The highest BCUT2D eigenvalue weighted by Gasteiger charge is 2.13. The van der Waals surface area contributed by atoms with Crippen molar-refractivity contribution in [2.45, 2.75) is 13.0 Å². The molecule has 1 heterocycles. The molecule has 2 amide bonds.